The summed E-state index contributed by atoms with van der Waals surface area (Å²) in [6, 6.07) is 5.95. The van der Waals surface area contributed by atoms with Crippen molar-refractivity contribution in [1.29, 1.82) is 0 Å². The van der Waals surface area contributed by atoms with E-state index in [1.54, 1.807) is 19.2 Å². The number of nitrogens with zero attached hydrogens (tertiary/aromatic N) is 2. The lowest BCUT2D eigenvalue weighted by Crippen LogP contribution is -2.48. The number of hydrogen-bond acceptors (Lipinski definition) is 7. The fourth-order valence-electron chi connectivity index (χ4n) is 4.20. The van der Waals surface area contributed by atoms with Gasteiger partial charge in [-0.3, -0.25) is 14.5 Å². The van der Waals surface area contributed by atoms with E-state index in [1.165, 1.54) is 16.4 Å². The third-order valence-electron chi connectivity index (χ3n) is 6.36. The third kappa shape index (κ3) is 6.98. The molecule has 0 radical (unpaired) electrons. The molecule has 1 unspecified atom stereocenters. The Kier molecular flexibility index (Phi) is 9.84. The average molecular weight is 497 g/mol. The number of anilines is 1. The molecule has 0 spiro atoms. The first kappa shape index (κ1) is 26.6. The average Bonchev–Trinajstić information content (AvgIpc) is 2.87. The van der Waals surface area contributed by atoms with Crippen molar-refractivity contribution in [2.24, 2.45) is 5.92 Å². The molecular formula is C23H36N4O6S. The van der Waals surface area contributed by atoms with Crippen molar-refractivity contribution in [2.75, 3.05) is 65.0 Å². The molecule has 11 heteroatoms. The number of likely N-dealkylation sites (tertiary alicyclic amines) is 1. The van der Waals surface area contributed by atoms with Gasteiger partial charge in [-0.2, -0.15) is 4.31 Å². The van der Waals surface area contributed by atoms with E-state index in [0.29, 0.717) is 71.1 Å². The lowest BCUT2D eigenvalue weighted by Gasteiger charge is -2.34. The number of nitrogens with one attached hydrogen (secondary N) is 2. The number of morpholine rings is 1. The number of carbonyl (C=O) groups is 2. The third-order valence-corrected chi connectivity index (χ3v) is 8.26. The number of benzene rings is 1. The molecular weight excluding hydrogens is 460 g/mol. The first-order chi connectivity index (χ1) is 16.3. The second-order valence-electron chi connectivity index (χ2n) is 8.66. The molecule has 0 aliphatic carbocycles. The molecule has 0 aromatic heterocycles. The van der Waals surface area contributed by atoms with E-state index in [2.05, 4.69) is 15.5 Å². The first-order valence-electron chi connectivity index (χ1n) is 11.8. The zero-order chi connectivity index (χ0) is 24.6. The normalized spacial score (nSPS) is 19.5. The Morgan fingerprint density at radius 2 is 1.88 bits per heavy atom. The molecule has 2 aliphatic rings. The highest BCUT2D eigenvalue weighted by atomic mass is 32.2. The van der Waals surface area contributed by atoms with Crippen LogP contribution in [0, 0.1) is 5.92 Å². The van der Waals surface area contributed by atoms with Gasteiger partial charge in [-0.1, -0.05) is 6.07 Å². The van der Waals surface area contributed by atoms with Crippen molar-refractivity contribution < 1.29 is 27.5 Å². The van der Waals surface area contributed by atoms with Crippen LogP contribution in [0.3, 0.4) is 0 Å². The SMILES string of the molecule is COCCCNC(=O)C1CCN(C(C)C(=O)Nc2cccc(S(=O)(=O)N3CCOCC3)c2)CC1. The zero-order valence-corrected chi connectivity index (χ0v) is 20.8. The predicted molar refractivity (Wildman–Crippen MR) is 128 cm³/mol. The minimum atomic E-state index is -3.64. The Bertz CT molecular complexity index is 927. The Hall–Kier alpha value is -2.05. The molecule has 2 amide bonds. The summed E-state index contributed by atoms with van der Waals surface area (Å²) >= 11 is 0. The molecule has 2 saturated heterocycles. The number of piperidine rings is 1. The molecule has 34 heavy (non-hydrogen) atoms. The molecule has 1 aromatic carbocycles. The summed E-state index contributed by atoms with van der Waals surface area (Å²) in [4.78, 5) is 27.4. The van der Waals surface area contributed by atoms with Crippen LogP contribution < -0.4 is 10.6 Å². The zero-order valence-electron chi connectivity index (χ0n) is 20.0. The van der Waals surface area contributed by atoms with Gasteiger partial charge in [0.2, 0.25) is 21.8 Å². The maximum absolute atomic E-state index is 12.9. The van der Waals surface area contributed by atoms with Crippen LogP contribution in [0.4, 0.5) is 5.69 Å². The molecule has 3 rings (SSSR count). The number of rotatable bonds is 10. The van der Waals surface area contributed by atoms with E-state index in [0.717, 1.165) is 6.42 Å². The fraction of sp³-hybridized carbons (Fsp3) is 0.652. The van der Waals surface area contributed by atoms with Gasteiger partial charge in [0.25, 0.3) is 0 Å². The summed E-state index contributed by atoms with van der Waals surface area (Å²) in [6.07, 6.45) is 2.18. The Balaban J connectivity index is 1.51. The van der Waals surface area contributed by atoms with Crippen LogP contribution in [0.25, 0.3) is 0 Å². The van der Waals surface area contributed by atoms with Gasteiger partial charge < -0.3 is 20.1 Å². The van der Waals surface area contributed by atoms with Crippen molar-refractivity contribution in [3.63, 3.8) is 0 Å². The lowest BCUT2D eigenvalue weighted by molar-refractivity contribution is -0.127. The maximum atomic E-state index is 12.9. The molecule has 0 bridgehead atoms. The summed E-state index contributed by atoms with van der Waals surface area (Å²) < 4.78 is 37.4. The van der Waals surface area contributed by atoms with Crippen LogP contribution in [0.5, 0.6) is 0 Å². The Morgan fingerprint density at radius 3 is 2.56 bits per heavy atom. The molecule has 2 N–H and O–H groups in total. The summed E-state index contributed by atoms with van der Waals surface area (Å²) in [6.45, 7) is 5.73. The van der Waals surface area contributed by atoms with Crippen LogP contribution in [0.1, 0.15) is 26.2 Å². The topological polar surface area (TPSA) is 117 Å². The number of methoxy groups -OCH3 is 1. The van der Waals surface area contributed by atoms with E-state index >= 15 is 0 Å². The summed E-state index contributed by atoms with van der Waals surface area (Å²) in [5.41, 5.74) is 0.441. The van der Waals surface area contributed by atoms with Crippen molar-refractivity contribution in [3.8, 4) is 0 Å². The summed E-state index contributed by atoms with van der Waals surface area (Å²) in [5.74, 6) is -0.189. The molecule has 2 heterocycles. The van der Waals surface area contributed by atoms with E-state index in [-0.39, 0.29) is 22.6 Å². The second-order valence-corrected chi connectivity index (χ2v) is 10.6. The highest BCUT2D eigenvalue weighted by Crippen LogP contribution is 2.22. The van der Waals surface area contributed by atoms with Gasteiger partial charge in [0.05, 0.1) is 24.2 Å². The molecule has 10 nitrogen and oxygen atoms in total. The van der Waals surface area contributed by atoms with Gasteiger partial charge in [0.1, 0.15) is 0 Å². The molecule has 2 aliphatic heterocycles. The number of carbonyl (C=O) groups excluding carboxylic acids is 2. The standard InChI is InChI=1S/C23H36N4O6S/c1-18(26-10-7-19(8-11-26)23(29)24-9-4-14-32-2)22(28)25-20-5-3-6-21(17-20)34(30,31)27-12-15-33-16-13-27/h3,5-6,17-19H,4,7-16H2,1-2H3,(H,24,29)(H,25,28). The van der Waals surface area contributed by atoms with Gasteiger partial charge in [0, 0.05) is 45.0 Å². The van der Waals surface area contributed by atoms with E-state index in [9.17, 15) is 18.0 Å². The predicted octanol–water partition coefficient (Wildman–Crippen LogP) is 0.899. The van der Waals surface area contributed by atoms with Crippen LogP contribution >= 0.6 is 0 Å². The van der Waals surface area contributed by atoms with Gasteiger partial charge in [-0.05, 0) is 57.5 Å². The molecule has 1 atom stereocenters. The largest absolute Gasteiger partial charge is 0.385 e. The summed E-state index contributed by atoms with van der Waals surface area (Å²) in [7, 11) is -2.00. The second kappa shape index (κ2) is 12.6. The molecule has 0 saturated carbocycles. The maximum Gasteiger partial charge on any atom is 0.243 e. The molecule has 1 aromatic rings. The van der Waals surface area contributed by atoms with Crippen molar-refractivity contribution in [2.45, 2.75) is 37.1 Å². The fourth-order valence-corrected chi connectivity index (χ4v) is 5.66. The van der Waals surface area contributed by atoms with Crippen molar-refractivity contribution in [3.05, 3.63) is 24.3 Å². The number of amides is 2. The van der Waals surface area contributed by atoms with Gasteiger partial charge in [-0.15, -0.1) is 0 Å². The molecule has 190 valence electrons. The van der Waals surface area contributed by atoms with Crippen molar-refractivity contribution in [1.82, 2.24) is 14.5 Å². The summed E-state index contributed by atoms with van der Waals surface area (Å²) in [5, 5.41) is 5.80. The Morgan fingerprint density at radius 1 is 1.18 bits per heavy atom. The number of sulfonamides is 1. The van der Waals surface area contributed by atoms with E-state index < -0.39 is 16.1 Å². The highest BCUT2D eigenvalue weighted by Gasteiger charge is 2.30. The minimum Gasteiger partial charge on any atom is -0.385 e. The Labute approximate surface area is 202 Å². The van der Waals surface area contributed by atoms with Gasteiger partial charge in [0.15, 0.2) is 0 Å². The monoisotopic (exact) mass is 496 g/mol. The van der Waals surface area contributed by atoms with Crippen LogP contribution in [-0.4, -0.2) is 95.1 Å². The van der Waals surface area contributed by atoms with E-state index in [1.807, 2.05) is 6.92 Å². The van der Waals surface area contributed by atoms with Crippen molar-refractivity contribution >= 4 is 27.5 Å². The van der Waals surface area contributed by atoms with Crippen LogP contribution in [0.15, 0.2) is 29.2 Å². The highest BCUT2D eigenvalue weighted by molar-refractivity contribution is 7.89. The van der Waals surface area contributed by atoms with Gasteiger partial charge in [-0.25, -0.2) is 8.42 Å². The lowest BCUT2D eigenvalue weighted by atomic mass is 9.95. The quantitative estimate of drug-likeness (QED) is 0.462. The first-order valence-corrected chi connectivity index (χ1v) is 13.3. The minimum absolute atomic E-state index is 0.0452. The smallest absolute Gasteiger partial charge is 0.243 e. The number of ether oxygens (including phenoxy) is 2. The van der Waals surface area contributed by atoms with Crippen LogP contribution in [0.2, 0.25) is 0 Å². The number of hydrogen-bond donors (Lipinski definition) is 2. The van der Waals surface area contributed by atoms with Gasteiger partial charge >= 0.3 is 0 Å². The molecule has 2 fully saturated rings. The van der Waals surface area contributed by atoms with E-state index in [4.69, 9.17) is 9.47 Å². The van der Waals surface area contributed by atoms with Crippen LogP contribution in [-0.2, 0) is 29.1 Å².